The standard InChI is InChI=1S/C12H18N2O/c1-2-3-9-15-10-8-14-12-6-4-11(13)5-7-12/h2,4-7,14H,1,3,8-10,13H2. The van der Waals surface area contributed by atoms with Gasteiger partial charge in [0, 0.05) is 17.9 Å². The summed E-state index contributed by atoms with van der Waals surface area (Å²) in [6.45, 7) is 5.88. The van der Waals surface area contributed by atoms with Crippen LogP contribution in [0.25, 0.3) is 0 Å². The lowest BCUT2D eigenvalue weighted by molar-refractivity contribution is 0.149. The minimum atomic E-state index is 0.707. The van der Waals surface area contributed by atoms with Gasteiger partial charge < -0.3 is 15.8 Å². The number of rotatable bonds is 7. The lowest BCUT2D eigenvalue weighted by Crippen LogP contribution is -2.09. The maximum absolute atomic E-state index is 5.57. The molecule has 0 unspecified atom stereocenters. The molecular formula is C12H18N2O. The maximum Gasteiger partial charge on any atom is 0.0639 e. The van der Waals surface area contributed by atoms with Crippen molar-refractivity contribution < 1.29 is 4.74 Å². The predicted molar refractivity (Wildman–Crippen MR) is 65.0 cm³/mol. The molecule has 3 nitrogen and oxygen atoms in total. The van der Waals surface area contributed by atoms with Crippen LogP contribution < -0.4 is 11.1 Å². The van der Waals surface area contributed by atoms with Crippen molar-refractivity contribution in [3.8, 4) is 0 Å². The van der Waals surface area contributed by atoms with E-state index in [4.69, 9.17) is 10.5 Å². The van der Waals surface area contributed by atoms with E-state index in [1.165, 1.54) is 0 Å². The fourth-order valence-corrected chi connectivity index (χ4v) is 1.14. The van der Waals surface area contributed by atoms with Crippen LogP contribution in [0, 0.1) is 0 Å². The summed E-state index contributed by atoms with van der Waals surface area (Å²) in [6, 6.07) is 7.67. The summed E-state index contributed by atoms with van der Waals surface area (Å²) in [5, 5.41) is 3.24. The Labute approximate surface area is 90.9 Å². The molecule has 0 aliphatic rings. The van der Waals surface area contributed by atoms with Crippen molar-refractivity contribution in [3.05, 3.63) is 36.9 Å². The van der Waals surface area contributed by atoms with E-state index in [1.807, 2.05) is 30.3 Å². The van der Waals surface area contributed by atoms with Crippen molar-refractivity contribution >= 4 is 11.4 Å². The molecule has 0 heterocycles. The molecule has 0 saturated heterocycles. The quantitative estimate of drug-likeness (QED) is 0.409. The smallest absolute Gasteiger partial charge is 0.0639 e. The van der Waals surface area contributed by atoms with Crippen molar-refractivity contribution in [2.45, 2.75) is 6.42 Å². The lowest BCUT2D eigenvalue weighted by Gasteiger charge is -2.06. The number of nitrogen functional groups attached to an aromatic ring is 1. The first kappa shape index (κ1) is 11.6. The van der Waals surface area contributed by atoms with Crippen molar-refractivity contribution in [3.63, 3.8) is 0 Å². The Morgan fingerprint density at radius 3 is 2.67 bits per heavy atom. The van der Waals surface area contributed by atoms with Crippen LogP contribution in [0.4, 0.5) is 11.4 Å². The number of ether oxygens (including phenoxy) is 1. The largest absolute Gasteiger partial charge is 0.399 e. The second kappa shape index (κ2) is 6.90. The molecule has 82 valence electrons. The minimum Gasteiger partial charge on any atom is -0.399 e. The highest BCUT2D eigenvalue weighted by Crippen LogP contribution is 2.09. The monoisotopic (exact) mass is 206 g/mol. The number of nitrogens with two attached hydrogens (primary N) is 1. The number of hydrogen-bond acceptors (Lipinski definition) is 3. The van der Waals surface area contributed by atoms with Crippen LogP contribution in [0.3, 0.4) is 0 Å². The molecule has 0 radical (unpaired) electrons. The predicted octanol–water partition coefficient (Wildman–Crippen LogP) is 2.27. The Bertz CT molecular complexity index is 282. The van der Waals surface area contributed by atoms with Crippen LogP contribution >= 0.6 is 0 Å². The van der Waals surface area contributed by atoms with E-state index < -0.39 is 0 Å². The van der Waals surface area contributed by atoms with Gasteiger partial charge in [-0.2, -0.15) is 0 Å². The van der Waals surface area contributed by atoms with E-state index in [9.17, 15) is 0 Å². The third-order valence-corrected chi connectivity index (χ3v) is 1.95. The number of hydrogen-bond donors (Lipinski definition) is 2. The molecule has 0 aromatic heterocycles. The van der Waals surface area contributed by atoms with Crippen LogP contribution in [0.2, 0.25) is 0 Å². The number of anilines is 2. The zero-order valence-corrected chi connectivity index (χ0v) is 8.91. The molecule has 0 spiro atoms. The summed E-state index contributed by atoms with van der Waals surface area (Å²) >= 11 is 0. The van der Waals surface area contributed by atoms with Crippen LogP contribution in [-0.2, 0) is 4.74 Å². The maximum atomic E-state index is 5.57. The molecule has 0 saturated carbocycles. The van der Waals surface area contributed by atoms with E-state index in [0.717, 1.165) is 30.9 Å². The Morgan fingerprint density at radius 2 is 2.00 bits per heavy atom. The third kappa shape index (κ3) is 5.08. The van der Waals surface area contributed by atoms with Crippen molar-refractivity contribution in [1.29, 1.82) is 0 Å². The molecular weight excluding hydrogens is 188 g/mol. The van der Waals surface area contributed by atoms with Gasteiger partial charge in [0.2, 0.25) is 0 Å². The Hall–Kier alpha value is -1.48. The minimum absolute atomic E-state index is 0.707. The summed E-state index contributed by atoms with van der Waals surface area (Å²) in [7, 11) is 0. The second-order valence-electron chi connectivity index (χ2n) is 3.24. The highest BCUT2D eigenvalue weighted by atomic mass is 16.5. The highest BCUT2D eigenvalue weighted by molar-refractivity contribution is 5.51. The van der Waals surface area contributed by atoms with Gasteiger partial charge in [-0.25, -0.2) is 0 Å². The first-order valence-corrected chi connectivity index (χ1v) is 5.11. The van der Waals surface area contributed by atoms with Gasteiger partial charge in [-0.1, -0.05) is 6.08 Å². The average molecular weight is 206 g/mol. The van der Waals surface area contributed by atoms with Gasteiger partial charge in [0.15, 0.2) is 0 Å². The lowest BCUT2D eigenvalue weighted by atomic mass is 10.3. The molecule has 0 atom stereocenters. The zero-order valence-electron chi connectivity index (χ0n) is 8.91. The number of nitrogens with one attached hydrogen (secondary N) is 1. The molecule has 0 fully saturated rings. The molecule has 0 amide bonds. The Kier molecular flexibility index (Phi) is 5.33. The highest BCUT2D eigenvalue weighted by Gasteiger charge is 1.91. The fraction of sp³-hybridized carbons (Fsp3) is 0.333. The molecule has 0 aliphatic carbocycles. The van der Waals surface area contributed by atoms with Crippen molar-refractivity contribution in [2.24, 2.45) is 0 Å². The molecule has 15 heavy (non-hydrogen) atoms. The normalized spacial score (nSPS) is 9.87. The molecule has 1 rings (SSSR count). The SMILES string of the molecule is C=CCCOCCNc1ccc(N)cc1. The van der Waals surface area contributed by atoms with Gasteiger partial charge in [0.25, 0.3) is 0 Å². The fourth-order valence-electron chi connectivity index (χ4n) is 1.14. The van der Waals surface area contributed by atoms with Crippen LogP contribution in [0.1, 0.15) is 6.42 Å². The third-order valence-electron chi connectivity index (χ3n) is 1.95. The topological polar surface area (TPSA) is 47.3 Å². The van der Waals surface area contributed by atoms with E-state index >= 15 is 0 Å². The molecule has 3 N–H and O–H groups in total. The van der Waals surface area contributed by atoms with Crippen LogP contribution in [0.5, 0.6) is 0 Å². The van der Waals surface area contributed by atoms with Gasteiger partial charge in [-0.05, 0) is 30.7 Å². The molecule has 1 aromatic rings. The van der Waals surface area contributed by atoms with Crippen molar-refractivity contribution in [2.75, 3.05) is 30.8 Å². The van der Waals surface area contributed by atoms with Gasteiger partial charge >= 0.3 is 0 Å². The molecule has 0 bridgehead atoms. The van der Waals surface area contributed by atoms with Gasteiger partial charge in [-0.15, -0.1) is 6.58 Å². The summed E-state index contributed by atoms with van der Waals surface area (Å²) in [5.41, 5.74) is 7.42. The molecule has 3 heteroatoms. The first-order chi connectivity index (χ1) is 7.33. The van der Waals surface area contributed by atoms with Gasteiger partial charge in [0.05, 0.1) is 13.2 Å². The summed E-state index contributed by atoms with van der Waals surface area (Å²) in [4.78, 5) is 0. The van der Waals surface area contributed by atoms with E-state index in [1.54, 1.807) is 0 Å². The molecule has 1 aromatic carbocycles. The van der Waals surface area contributed by atoms with Gasteiger partial charge in [-0.3, -0.25) is 0 Å². The molecule has 0 aliphatic heterocycles. The summed E-state index contributed by atoms with van der Waals surface area (Å²) < 4.78 is 5.36. The van der Waals surface area contributed by atoms with E-state index in [0.29, 0.717) is 6.61 Å². The summed E-state index contributed by atoms with van der Waals surface area (Å²) in [6.07, 6.45) is 2.76. The zero-order chi connectivity index (χ0) is 10.9. The Balaban J connectivity index is 2.09. The van der Waals surface area contributed by atoms with E-state index in [-0.39, 0.29) is 0 Å². The van der Waals surface area contributed by atoms with Crippen LogP contribution in [-0.4, -0.2) is 19.8 Å². The Morgan fingerprint density at radius 1 is 1.27 bits per heavy atom. The van der Waals surface area contributed by atoms with Gasteiger partial charge in [0.1, 0.15) is 0 Å². The van der Waals surface area contributed by atoms with Crippen LogP contribution in [0.15, 0.2) is 36.9 Å². The average Bonchev–Trinajstić information content (AvgIpc) is 2.26. The van der Waals surface area contributed by atoms with E-state index in [2.05, 4.69) is 11.9 Å². The second-order valence-corrected chi connectivity index (χ2v) is 3.24. The number of benzene rings is 1. The van der Waals surface area contributed by atoms with Crippen molar-refractivity contribution in [1.82, 2.24) is 0 Å². The first-order valence-electron chi connectivity index (χ1n) is 5.11. The summed E-state index contributed by atoms with van der Waals surface area (Å²) in [5.74, 6) is 0.